The van der Waals surface area contributed by atoms with E-state index in [9.17, 15) is 9.13 Å². The number of benzene rings is 1. The van der Waals surface area contributed by atoms with Crippen molar-refractivity contribution in [2.45, 2.75) is 19.0 Å². The maximum absolute atomic E-state index is 13.3. The molecule has 0 aliphatic carbocycles. The zero-order chi connectivity index (χ0) is 14.8. The van der Waals surface area contributed by atoms with Crippen LogP contribution in [0.1, 0.15) is 13.3 Å². The van der Waals surface area contributed by atoms with Crippen LogP contribution in [0.2, 0.25) is 0 Å². The average molecular weight is 316 g/mol. The Balaban J connectivity index is 2.34. The Morgan fingerprint density at radius 2 is 1.75 bits per heavy atom. The highest BCUT2D eigenvalue weighted by Crippen LogP contribution is 2.62. The van der Waals surface area contributed by atoms with E-state index in [1.165, 1.54) is 14.2 Å². The van der Waals surface area contributed by atoms with E-state index in [1.54, 1.807) is 0 Å². The summed E-state index contributed by atoms with van der Waals surface area (Å²) in [5, 5.41) is 0.871. The lowest BCUT2D eigenvalue weighted by molar-refractivity contribution is 0.261. The van der Waals surface area contributed by atoms with Crippen LogP contribution in [-0.4, -0.2) is 32.2 Å². The number of hydrogen-bond acceptors (Lipinski definition) is 4. The lowest BCUT2D eigenvalue weighted by Gasteiger charge is -2.36. The van der Waals surface area contributed by atoms with Gasteiger partial charge in [-0.2, -0.15) is 0 Å². The molecule has 0 spiro atoms. The summed E-state index contributed by atoms with van der Waals surface area (Å²) in [6.45, 7) is 2.05. The first-order valence-corrected chi connectivity index (χ1v) is 10.5. The van der Waals surface area contributed by atoms with Crippen molar-refractivity contribution in [1.29, 1.82) is 0 Å². The Kier molecular flexibility index (Phi) is 4.92. The normalized spacial score (nSPS) is 31.1. The monoisotopic (exact) mass is 316 g/mol. The first kappa shape index (κ1) is 16.0. The van der Waals surface area contributed by atoms with Crippen LogP contribution in [0.25, 0.3) is 0 Å². The second-order valence-corrected chi connectivity index (χ2v) is 11.1. The van der Waals surface area contributed by atoms with Crippen LogP contribution in [0.4, 0.5) is 0 Å². The molecule has 20 heavy (non-hydrogen) atoms. The smallest absolute Gasteiger partial charge is 0.319 e. The third kappa shape index (κ3) is 3.09. The number of rotatable bonds is 4. The zero-order valence-corrected chi connectivity index (χ0v) is 14.0. The van der Waals surface area contributed by atoms with Gasteiger partial charge in [-0.25, -0.2) is 0 Å². The van der Waals surface area contributed by atoms with Crippen molar-refractivity contribution in [2.75, 3.05) is 26.5 Å². The summed E-state index contributed by atoms with van der Waals surface area (Å²) in [4.78, 5) is 0. The van der Waals surface area contributed by atoms with Gasteiger partial charge in [-0.05, 0) is 12.3 Å². The van der Waals surface area contributed by atoms with Crippen LogP contribution < -0.4 is 5.30 Å². The summed E-state index contributed by atoms with van der Waals surface area (Å²) in [5.74, 6) is 0.249. The Morgan fingerprint density at radius 3 is 2.30 bits per heavy atom. The molecular formula is C14H22O4P2. The Hall–Kier alpha value is -0.400. The second-order valence-electron chi connectivity index (χ2n) is 5.49. The summed E-state index contributed by atoms with van der Waals surface area (Å²) < 4.78 is 36.1. The van der Waals surface area contributed by atoms with Crippen molar-refractivity contribution in [3.63, 3.8) is 0 Å². The summed E-state index contributed by atoms with van der Waals surface area (Å²) >= 11 is 0. The molecule has 0 saturated carbocycles. The van der Waals surface area contributed by atoms with Crippen molar-refractivity contribution >= 4 is 20.0 Å². The minimum atomic E-state index is -3.17. The molecule has 3 atom stereocenters. The molecule has 0 aromatic heterocycles. The molecule has 0 amide bonds. The maximum atomic E-state index is 13.3. The molecule has 1 aliphatic heterocycles. The zero-order valence-electron chi connectivity index (χ0n) is 12.2. The quantitative estimate of drug-likeness (QED) is 0.797. The Morgan fingerprint density at radius 1 is 1.15 bits per heavy atom. The first-order valence-electron chi connectivity index (χ1n) is 6.78. The molecule has 0 radical (unpaired) electrons. The van der Waals surface area contributed by atoms with Crippen LogP contribution in [0.15, 0.2) is 30.3 Å². The lowest BCUT2D eigenvalue weighted by Crippen LogP contribution is -2.31. The van der Waals surface area contributed by atoms with Crippen molar-refractivity contribution in [2.24, 2.45) is 5.92 Å². The fourth-order valence-electron chi connectivity index (χ4n) is 3.04. The SMILES string of the molecule is COP(=O)(OC)[C@H]1C[C@@H](C)CP(=O)(c2ccccc2)C1. The molecule has 2 rings (SSSR count). The Labute approximate surface area is 120 Å². The molecular weight excluding hydrogens is 294 g/mol. The largest absolute Gasteiger partial charge is 0.333 e. The highest BCUT2D eigenvalue weighted by molar-refractivity contribution is 7.72. The molecule has 1 unspecified atom stereocenters. The van der Waals surface area contributed by atoms with E-state index in [-0.39, 0.29) is 11.6 Å². The van der Waals surface area contributed by atoms with Gasteiger partial charge in [0.15, 0.2) is 0 Å². The molecule has 1 aliphatic rings. The van der Waals surface area contributed by atoms with Crippen molar-refractivity contribution < 1.29 is 18.2 Å². The van der Waals surface area contributed by atoms with Gasteiger partial charge in [0, 0.05) is 31.8 Å². The lowest BCUT2D eigenvalue weighted by atomic mass is 10.1. The van der Waals surface area contributed by atoms with Crippen molar-refractivity contribution in [1.82, 2.24) is 0 Å². The number of hydrogen-bond donors (Lipinski definition) is 0. The van der Waals surface area contributed by atoms with E-state index in [0.717, 1.165) is 11.7 Å². The van der Waals surface area contributed by atoms with E-state index in [0.29, 0.717) is 12.3 Å². The van der Waals surface area contributed by atoms with Crippen LogP contribution in [-0.2, 0) is 18.2 Å². The molecule has 1 aromatic rings. The maximum Gasteiger partial charge on any atom is 0.333 e. The van der Waals surface area contributed by atoms with Crippen LogP contribution >= 0.6 is 14.7 Å². The van der Waals surface area contributed by atoms with E-state index < -0.39 is 14.7 Å². The first-order chi connectivity index (χ1) is 9.43. The van der Waals surface area contributed by atoms with Crippen molar-refractivity contribution in [3.05, 3.63) is 30.3 Å². The summed E-state index contributed by atoms with van der Waals surface area (Å²) in [7, 11) is -2.90. The topological polar surface area (TPSA) is 52.6 Å². The minimum absolute atomic E-state index is 0.249. The second kappa shape index (κ2) is 6.15. The third-order valence-corrected chi connectivity index (χ3v) is 10.0. The van der Waals surface area contributed by atoms with Gasteiger partial charge in [-0.3, -0.25) is 4.57 Å². The third-order valence-electron chi connectivity index (χ3n) is 3.97. The molecule has 112 valence electrons. The van der Waals surface area contributed by atoms with Gasteiger partial charge in [0.1, 0.15) is 7.14 Å². The fraction of sp³-hybridized carbons (Fsp3) is 0.571. The summed E-state index contributed by atoms with van der Waals surface area (Å²) in [6, 6.07) is 9.52. The van der Waals surface area contributed by atoms with Crippen LogP contribution in [0.3, 0.4) is 0 Å². The van der Waals surface area contributed by atoms with E-state index in [4.69, 9.17) is 9.05 Å². The van der Waals surface area contributed by atoms with E-state index >= 15 is 0 Å². The average Bonchev–Trinajstić information content (AvgIpc) is 2.46. The van der Waals surface area contributed by atoms with Gasteiger partial charge in [0.05, 0.1) is 5.66 Å². The molecule has 1 fully saturated rings. The van der Waals surface area contributed by atoms with Crippen molar-refractivity contribution in [3.8, 4) is 0 Å². The van der Waals surface area contributed by atoms with Gasteiger partial charge in [0.25, 0.3) is 0 Å². The van der Waals surface area contributed by atoms with E-state index in [1.807, 2.05) is 30.3 Å². The van der Waals surface area contributed by atoms with Crippen LogP contribution in [0, 0.1) is 5.92 Å². The van der Waals surface area contributed by atoms with Gasteiger partial charge in [-0.15, -0.1) is 0 Å². The predicted octanol–water partition coefficient (Wildman–Crippen LogP) is 3.57. The minimum Gasteiger partial charge on any atom is -0.319 e. The van der Waals surface area contributed by atoms with Gasteiger partial charge in [-0.1, -0.05) is 37.3 Å². The Bertz CT molecular complexity index is 535. The molecule has 6 heteroatoms. The molecule has 1 saturated heterocycles. The highest BCUT2D eigenvalue weighted by Gasteiger charge is 2.45. The molecule has 1 heterocycles. The summed E-state index contributed by atoms with van der Waals surface area (Å²) in [6.07, 6.45) is 1.80. The van der Waals surface area contributed by atoms with E-state index in [2.05, 4.69) is 6.92 Å². The van der Waals surface area contributed by atoms with Crippen LogP contribution in [0.5, 0.6) is 0 Å². The van der Waals surface area contributed by atoms with Gasteiger partial charge in [0.2, 0.25) is 0 Å². The molecule has 0 N–H and O–H groups in total. The molecule has 0 bridgehead atoms. The van der Waals surface area contributed by atoms with Gasteiger partial charge >= 0.3 is 7.60 Å². The molecule has 4 nitrogen and oxygen atoms in total. The molecule has 1 aromatic carbocycles. The fourth-order valence-corrected chi connectivity index (χ4v) is 9.27. The summed E-state index contributed by atoms with van der Waals surface area (Å²) in [5.41, 5.74) is -0.285. The predicted molar refractivity (Wildman–Crippen MR) is 82.6 cm³/mol. The highest BCUT2D eigenvalue weighted by atomic mass is 31.2. The van der Waals surface area contributed by atoms with Gasteiger partial charge < -0.3 is 13.6 Å². The standard InChI is InChI=1S/C14H22O4P2/c1-12-9-14(20(16,17-2)18-3)11-19(15,10-12)13-7-5-4-6-8-13/h4-8,12,14H,9-11H2,1-3H3/t12-,14+,19?/m1/s1.